The summed E-state index contributed by atoms with van der Waals surface area (Å²) >= 11 is 6.03. The number of carbonyl (C=O) groups is 2. The number of benzene rings is 2. The highest BCUT2D eigenvalue weighted by Crippen LogP contribution is 2.29. The van der Waals surface area contributed by atoms with Crippen molar-refractivity contribution in [2.45, 2.75) is 19.9 Å². The van der Waals surface area contributed by atoms with Crippen LogP contribution in [0.25, 0.3) is 0 Å². The summed E-state index contributed by atoms with van der Waals surface area (Å²) in [4.78, 5) is 27.4. The maximum absolute atomic E-state index is 13.9. The molecule has 1 aliphatic rings. The molecular weight excluding hydrogens is 343 g/mol. The normalized spacial score (nSPS) is 12.9. The Kier molecular flexibility index (Phi) is 4.77. The summed E-state index contributed by atoms with van der Waals surface area (Å²) in [5.41, 5.74) is 2.63. The molecule has 0 radical (unpaired) electrons. The SMILES string of the molecule is CC(=O)N1CCc2cc(C(=O)N(C)Cc3c(F)cccc3Cl)ccc21. The molecule has 0 atom stereocenters. The number of halogens is 2. The van der Waals surface area contributed by atoms with Gasteiger partial charge in [-0.2, -0.15) is 0 Å². The molecule has 0 saturated carbocycles. The van der Waals surface area contributed by atoms with Gasteiger partial charge in [0.2, 0.25) is 5.91 Å². The van der Waals surface area contributed by atoms with Gasteiger partial charge in [0, 0.05) is 48.9 Å². The van der Waals surface area contributed by atoms with Gasteiger partial charge in [-0.25, -0.2) is 4.39 Å². The van der Waals surface area contributed by atoms with Gasteiger partial charge in [-0.05, 0) is 42.3 Å². The van der Waals surface area contributed by atoms with Crippen LogP contribution in [0.15, 0.2) is 36.4 Å². The van der Waals surface area contributed by atoms with Crippen molar-refractivity contribution in [3.05, 3.63) is 63.9 Å². The van der Waals surface area contributed by atoms with Gasteiger partial charge in [0.05, 0.1) is 0 Å². The molecule has 0 bridgehead atoms. The van der Waals surface area contributed by atoms with Crippen LogP contribution in [0.4, 0.5) is 10.1 Å². The Morgan fingerprint density at radius 3 is 2.72 bits per heavy atom. The van der Waals surface area contributed by atoms with E-state index in [0.717, 1.165) is 17.7 Å². The van der Waals surface area contributed by atoms with E-state index in [-0.39, 0.29) is 18.4 Å². The molecule has 1 aliphatic heterocycles. The molecule has 0 aliphatic carbocycles. The molecule has 0 fully saturated rings. The quantitative estimate of drug-likeness (QED) is 0.838. The molecule has 2 amide bonds. The van der Waals surface area contributed by atoms with Crippen LogP contribution in [-0.4, -0.2) is 30.3 Å². The fourth-order valence-electron chi connectivity index (χ4n) is 3.07. The Morgan fingerprint density at radius 2 is 2.04 bits per heavy atom. The fraction of sp³-hybridized carbons (Fsp3) is 0.263. The summed E-state index contributed by atoms with van der Waals surface area (Å²) in [7, 11) is 1.61. The van der Waals surface area contributed by atoms with E-state index in [0.29, 0.717) is 22.7 Å². The highest BCUT2D eigenvalue weighted by Gasteiger charge is 2.24. The van der Waals surface area contributed by atoms with Crippen molar-refractivity contribution in [2.24, 2.45) is 0 Å². The first-order chi connectivity index (χ1) is 11.9. The van der Waals surface area contributed by atoms with Gasteiger partial charge in [-0.1, -0.05) is 17.7 Å². The molecule has 0 unspecified atom stereocenters. The van der Waals surface area contributed by atoms with Crippen LogP contribution in [0.3, 0.4) is 0 Å². The van der Waals surface area contributed by atoms with Gasteiger partial charge in [0.1, 0.15) is 5.82 Å². The molecular formula is C19H18ClFN2O2. The maximum atomic E-state index is 13.9. The van der Waals surface area contributed by atoms with Gasteiger partial charge < -0.3 is 9.80 Å². The van der Waals surface area contributed by atoms with Crippen molar-refractivity contribution in [1.29, 1.82) is 0 Å². The number of fused-ring (bicyclic) bond motifs is 1. The Morgan fingerprint density at radius 1 is 1.28 bits per heavy atom. The minimum Gasteiger partial charge on any atom is -0.337 e. The summed E-state index contributed by atoms with van der Waals surface area (Å²) in [6.45, 7) is 2.24. The molecule has 1 heterocycles. The minimum absolute atomic E-state index is 0.0101. The average Bonchev–Trinajstić information content (AvgIpc) is 3.00. The molecule has 3 rings (SSSR count). The first-order valence-electron chi connectivity index (χ1n) is 7.98. The third-order valence-corrected chi connectivity index (χ3v) is 4.76. The van der Waals surface area contributed by atoms with Crippen molar-refractivity contribution in [3.8, 4) is 0 Å². The third kappa shape index (κ3) is 3.37. The zero-order valence-corrected chi connectivity index (χ0v) is 14.8. The number of rotatable bonds is 3. The number of nitrogens with zero attached hydrogens (tertiary/aromatic N) is 2. The first-order valence-corrected chi connectivity index (χ1v) is 8.35. The first kappa shape index (κ1) is 17.4. The van der Waals surface area contributed by atoms with E-state index in [9.17, 15) is 14.0 Å². The maximum Gasteiger partial charge on any atom is 0.253 e. The number of hydrogen-bond acceptors (Lipinski definition) is 2. The van der Waals surface area contributed by atoms with Crippen LogP contribution in [0, 0.1) is 5.82 Å². The van der Waals surface area contributed by atoms with Crippen molar-refractivity contribution in [2.75, 3.05) is 18.5 Å². The summed E-state index contributed by atoms with van der Waals surface area (Å²) in [5, 5.41) is 0.297. The Hall–Kier alpha value is -2.40. The lowest BCUT2D eigenvalue weighted by Crippen LogP contribution is -2.27. The largest absolute Gasteiger partial charge is 0.337 e. The van der Waals surface area contributed by atoms with E-state index >= 15 is 0 Å². The van der Waals surface area contributed by atoms with E-state index in [1.54, 1.807) is 36.2 Å². The Bertz CT molecular complexity index is 833. The van der Waals surface area contributed by atoms with Crippen LogP contribution in [-0.2, 0) is 17.8 Å². The number of anilines is 1. The Balaban J connectivity index is 1.81. The minimum atomic E-state index is -0.432. The molecule has 6 heteroatoms. The van der Waals surface area contributed by atoms with Crippen molar-refractivity contribution < 1.29 is 14.0 Å². The molecule has 0 aromatic heterocycles. The zero-order valence-electron chi connectivity index (χ0n) is 14.1. The molecule has 2 aromatic rings. The van der Waals surface area contributed by atoms with Crippen molar-refractivity contribution in [1.82, 2.24) is 4.90 Å². The van der Waals surface area contributed by atoms with Crippen LogP contribution in [0.5, 0.6) is 0 Å². The second-order valence-electron chi connectivity index (χ2n) is 6.13. The summed E-state index contributed by atoms with van der Waals surface area (Å²) in [6.07, 6.45) is 0.721. The standard InChI is InChI=1S/C19H18ClFN2O2/c1-12(24)23-9-8-13-10-14(6-7-18(13)23)19(25)22(2)11-15-16(20)4-3-5-17(15)21/h3-7,10H,8-9,11H2,1-2H3. The predicted molar refractivity (Wildman–Crippen MR) is 95.4 cm³/mol. The van der Waals surface area contributed by atoms with Crippen LogP contribution < -0.4 is 4.90 Å². The fourth-order valence-corrected chi connectivity index (χ4v) is 3.30. The molecule has 0 N–H and O–H groups in total. The molecule has 0 saturated heterocycles. The van der Waals surface area contributed by atoms with E-state index in [1.807, 2.05) is 0 Å². The second-order valence-corrected chi connectivity index (χ2v) is 6.53. The van der Waals surface area contributed by atoms with Gasteiger partial charge in [-0.15, -0.1) is 0 Å². The van der Waals surface area contributed by atoms with Gasteiger partial charge in [0.15, 0.2) is 0 Å². The van der Waals surface area contributed by atoms with Crippen LogP contribution >= 0.6 is 11.6 Å². The lowest BCUT2D eigenvalue weighted by molar-refractivity contribution is -0.116. The number of amides is 2. The molecule has 2 aromatic carbocycles. The van der Waals surface area contributed by atoms with E-state index in [4.69, 9.17) is 11.6 Å². The number of hydrogen-bond donors (Lipinski definition) is 0. The van der Waals surface area contributed by atoms with Crippen molar-refractivity contribution >= 4 is 29.1 Å². The summed E-state index contributed by atoms with van der Waals surface area (Å²) in [6, 6.07) is 9.75. The second kappa shape index (κ2) is 6.84. The predicted octanol–water partition coefficient (Wildman–Crippen LogP) is 3.66. The highest BCUT2D eigenvalue weighted by molar-refractivity contribution is 6.31. The molecule has 25 heavy (non-hydrogen) atoms. The zero-order chi connectivity index (χ0) is 18.1. The third-order valence-electron chi connectivity index (χ3n) is 4.41. The lowest BCUT2D eigenvalue weighted by atomic mass is 10.1. The topological polar surface area (TPSA) is 40.6 Å². The smallest absolute Gasteiger partial charge is 0.253 e. The lowest BCUT2D eigenvalue weighted by Gasteiger charge is -2.19. The molecule has 4 nitrogen and oxygen atoms in total. The molecule has 130 valence electrons. The van der Waals surface area contributed by atoms with Crippen molar-refractivity contribution in [3.63, 3.8) is 0 Å². The van der Waals surface area contributed by atoms with E-state index < -0.39 is 5.82 Å². The van der Waals surface area contributed by atoms with Crippen LogP contribution in [0.1, 0.15) is 28.4 Å². The molecule has 0 spiro atoms. The number of carbonyl (C=O) groups excluding carboxylic acids is 2. The van der Waals surface area contributed by atoms with E-state index in [1.165, 1.54) is 24.0 Å². The van der Waals surface area contributed by atoms with Gasteiger partial charge >= 0.3 is 0 Å². The van der Waals surface area contributed by atoms with Gasteiger partial charge in [0.25, 0.3) is 5.91 Å². The summed E-state index contributed by atoms with van der Waals surface area (Å²) in [5.74, 6) is -0.661. The summed E-state index contributed by atoms with van der Waals surface area (Å²) < 4.78 is 13.9. The van der Waals surface area contributed by atoms with E-state index in [2.05, 4.69) is 0 Å². The van der Waals surface area contributed by atoms with Crippen LogP contribution in [0.2, 0.25) is 5.02 Å². The average molecular weight is 361 g/mol. The monoisotopic (exact) mass is 360 g/mol. The van der Waals surface area contributed by atoms with Gasteiger partial charge in [-0.3, -0.25) is 9.59 Å². The Labute approximate surface area is 150 Å². The highest BCUT2D eigenvalue weighted by atomic mass is 35.5.